The van der Waals surface area contributed by atoms with Crippen molar-refractivity contribution >= 4 is 12.0 Å². The highest BCUT2D eigenvalue weighted by Gasteiger charge is 2.42. The standard InChI is InChI=1S/C15H19N3O4/c19-13(12-3-1-2-6-16-12)18-9-10-22-15(11-18)4-7-17(8-5-15)14(20)21/h1-3,6H,4-5,7-11H2,(H,20,21). The Kier molecular flexibility index (Phi) is 3.98. The van der Waals surface area contributed by atoms with Crippen LogP contribution in [-0.2, 0) is 4.74 Å². The summed E-state index contributed by atoms with van der Waals surface area (Å²) in [5, 5.41) is 9.03. The van der Waals surface area contributed by atoms with E-state index in [0.717, 1.165) is 0 Å². The molecule has 7 nitrogen and oxygen atoms in total. The maximum atomic E-state index is 12.5. The van der Waals surface area contributed by atoms with Gasteiger partial charge in [0.25, 0.3) is 5.91 Å². The molecule has 3 heterocycles. The number of amides is 2. The number of carbonyl (C=O) groups excluding carboxylic acids is 1. The molecule has 2 amide bonds. The van der Waals surface area contributed by atoms with Crippen LogP contribution in [0.2, 0.25) is 0 Å². The molecule has 0 aromatic carbocycles. The fourth-order valence-corrected chi connectivity index (χ4v) is 3.08. The van der Waals surface area contributed by atoms with Gasteiger partial charge >= 0.3 is 6.09 Å². The van der Waals surface area contributed by atoms with E-state index in [1.807, 2.05) is 0 Å². The molecule has 7 heteroatoms. The van der Waals surface area contributed by atoms with Crippen molar-refractivity contribution in [3.05, 3.63) is 30.1 Å². The largest absolute Gasteiger partial charge is 0.465 e. The summed E-state index contributed by atoms with van der Waals surface area (Å²) in [5.41, 5.74) is 0.0109. The molecule has 1 aromatic heterocycles. The number of likely N-dealkylation sites (tertiary alicyclic amines) is 1. The average molecular weight is 305 g/mol. The smallest absolute Gasteiger partial charge is 0.407 e. The lowest BCUT2D eigenvalue weighted by atomic mass is 9.89. The number of ether oxygens (including phenoxy) is 1. The zero-order valence-electron chi connectivity index (χ0n) is 12.3. The lowest BCUT2D eigenvalue weighted by Gasteiger charge is -2.46. The second-order valence-electron chi connectivity index (χ2n) is 5.74. The van der Waals surface area contributed by atoms with Gasteiger partial charge < -0.3 is 19.6 Å². The van der Waals surface area contributed by atoms with E-state index in [-0.39, 0.29) is 5.91 Å². The number of hydrogen-bond donors (Lipinski definition) is 1. The van der Waals surface area contributed by atoms with Gasteiger partial charge in [-0.25, -0.2) is 4.79 Å². The number of carbonyl (C=O) groups is 2. The molecule has 2 fully saturated rings. The summed E-state index contributed by atoms with van der Waals surface area (Å²) in [6.07, 6.45) is 1.94. The normalized spacial score (nSPS) is 20.9. The van der Waals surface area contributed by atoms with Crippen molar-refractivity contribution in [2.75, 3.05) is 32.8 Å². The van der Waals surface area contributed by atoms with E-state index in [0.29, 0.717) is 51.3 Å². The van der Waals surface area contributed by atoms with E-state index in [1.165, 1.54) is 4.90 Å². The van der Waals surface area contributed by atoms with Gasteiger partial charge in [0.05, 0.1) is 18.8 Å². The van der Waals surface area contributed by atoms with E-state index in [4.69, 9.17) is 9.84 Å². The summed E-state index contributed by atoms with van der Waals surface area (Å²) in [7, 11) is 0. The van der Waals surface area contributed by atoms with Crippen LogP contribution in [0.3, 0.4) is 0 Å². The molecule has 1 spiro atoms. The third kappa shape index (κ3) is 2.89. The number of pyridine rings is 1. The van der Waals surface area contributed by atoms with Crippen molar-refractivity contribution in [1.29, 1.82) is 0 Å². The van der Waals surface area contributed by atoms with E-state index in [1.54, 1.807) is 29.3 Å². The molecule has 2 aliphatic heterocycles. The Morgan fingerprint density at radius 1 is 1.18 bits per heavy atom. The van der Waals surface area contributed by atoms with Crippen LogP contribution in [0.5, 0.6) is 0 Å². The number of rotatable bonds is 1. The lowest BCUT2D eigenvalue weighted by Crippen LogP contribution is -2.58. The Morgan fingerprint density at radius 3 is 2.59 bits per heavy atom. The predicted octanol–water partition coefficient (Wildman–Crippen LogP) is 1.07. The molecule has 1 N–H and O–H groups in total. The molecule has 0 radical (unpaired) electrons. The molecule has 3 rings (SSSR count). The molecule has 2 aliphatic rings. The number of hydrogen-bond acceptors (Lipinski definition) is 4. The number of piperidine rings is 1. The van der Waals surface area contributed by atoms with Crippen molar-refractivity contribution in [2.45, 2.75) is 18.4 Å². The average Bonchev–Trinajstić information content (AvgIpc) is 2.55. The fraction of sp³-hybridized carbons (Fsp3) is 0.533. The Morgan fingerprint density at radius 2 is 1.95 bits per heavy atom. The van der Waals surface area contributed by atoms with Crippen molar-refractivity contribution in [3.63, 3.8) is 0 Å². The molecule has 118 valence electrons. The minimum Gasteiger partial charge on any atom is -0.465 e. The summed E-state index contributed by atoms with van der Waals surface area (Å²) in [6.45, 7) is 2.41. The van der Waals surface area contributed by atoms with Crippen molar-refractivity contribution < 1.29 is 19.4 Å². The van der Waals surface area contributed by atoms with Crippen LogP contribution in [0.15, 0.2) is 24.4 Å². The first-order valence-electron chi connectivity index (χ1n) is 7.42. The zero-order chi connectivity index (χ0) is 15.6. The molecule has 0 bridgehead atoms. The number of morpholine rings is 1. The molecular weight excluding hydrogens is 286 g/mol. The van der Waals surface area contributed by atoms with Gasteiger partial charge in [-0.3, -0.25) is 9.78 Å². The Balaban J connectivity index is 1.67. The van der Waals surface area contributed by atoms with Gasteiger partial charge in [-0.2, -0.15) is 0 Å². The van der Waals surface area contributed by atoms with E-state index in [2.05, 4.69) is 4.98 Å². The first-order chi connectivity index (χ1) is 10.6. The maximum Gasteiger partial charge on any atom is 0.407 e. The SMILES string of the molecule is O=C(O)N1CCC2(CC1)CN(C(=O)c1ccccn1)CCO2. The van der Waals surface area contributed by atoms with Crippen LogP contribution in [0.4, 0.5) is 4.79 Å². The number of carboxylic acid groups (broad SMARTS) is 1. The van der Waals surface area contributed by atoms with Gasteiger partial charge in [0.1, 0.15) is 5.69 Å². The third-order valence-electron chi connectivity index (χ3n) is 4.36. The second-order valence-corrected chi connectivity index (χ2v) is 5.74. The molecule has 2 saturated heterocycles. The van der Waals surface area contributed by atoms with Crippen LogP contribution in [-0.4, -0.2) is 70.3 Å². The minimum atomic E-state index is -0.896. The van der Waals surface area contributed by atoms with Crippen LogP contribution in [0.25, 0.3) is 0 Å². The van der Waals surface area contributed by atoms with Crippen molar-refractivity contribution in [2.24, 2.45) is 0 Å². The first-order valence-corrected chi connectivity index (χ1v) is 7.42. The maximum absolute atomic E-state index is 12.5. The highest BCUT2D eigenvalue weighted by Crippen LogP contribution is 2.30. The minimum absolute atomic E-state index is 0.0936. The zero-order valence-corrected chi connectivity index (χ0v) is 12.3. The summed E-state index contributed by atoms with van der Waals surface area (Å²) >= 11 is 0. The van der Waals surface area contributed by atoms with Gasteiger partial charge in [0.2, 0.25) is 0 Å². The molecular formula is C15H19N3O4. The van der Waals surface area contributed by atoms with Gasteiger partial charge in [0.15, 0.2) is 0 Å². The Labute approximate surface area is 128 Å². The number of aromatic nitrogens is 1. The highest BCUT2D eigenvalue weighted by atomic mass is 16.5. The van der Waals surface area contributed by atoms with Crippen LogP contribution in [0.1, 0.15) is 23.3 Å². The molecule has 0 aliphatic carbocycles. The monoisotopic (exact) mass is 305 g/mol. The summed E-state index contributed by atoms with van der Waals surface area (Å²) in [5.74, 6) is -0.0936. The quantitative estimate of drug-likeness (QED) is 0.839. The molecule has 0 unspecified atom stereocenters. The first kappa shape index (κ1) is 14.8. The van der Waals surface area contributed by atoms with Gasteiger partial charge in [-0.15, -0.1) is 0 Å². The summed E-state index contributed by atoms with van der Waals surface area (Å²) < 4.78 is 5.92. The second kappa shape index (κ2) is 5.92. The molecule has 22 heavy (non-hydrogen) atoms. The molecule has 0 saturated carbocycles. The Bertz CT molecular complexity index is 555. The topological polar surface area (TPSA) is 83.0 Å². The summed E-state index contributed by atoms with van der Waals surface area (Å²) in [4.78, 5) is 30.8. The Hall–Kier alpha value is -2.15. The van der Waals surface area contributed by atoms with Crippen molar-refractivity contribution in [3.8, 4) is 0 Å². The fourth-order valence-electron chi connectivity index (χ4n) is 3.08. The van der Waals surface area contributed by atoms with Crippen molar-refractivity contribution in [1.82, 2.24) is 14.8 Å². The van der Waals surface area contributed by atoms with E-state index < -0.39 is 11.7 Å². The molecule has 0 atom stereocenters. The number of nitrogens with zero attached hydrogens (tertiary/aromatic N) is 3. The van der Waals surface area contributed by atoms with Crippen LogP contribution < -0.4 is 0 Å². The van der Waals surface area contributed by atoms with Crippen LogP contribution >= 0.6 is 0 Å². The third-order valence-corrected chi connectivity index (χ3v) is 4.36. The summed E-state index contributed by atoms with van der Waals surface area (Å²) in [6, 6.07) is 5.28. The molecule has 1 aromatic rings. The predicted molar refractivity (Wildman–Crippen MR) is 77.7 cm³/mol. The van der Waals surface area contributed by atoms with Gasteiger partial charge in [0, 0.05) is 25.8 Å². The van der Waals surface area contributed by atoms with E-state index in [9.17, 15) is 9.59 Å². The van der Waals surface area contributed by atoms with Gasteiger partial charge in [-0.05, 0) is 25.0 Å². The van der Waals surface area contributed by atoms with Crippen LogP contribution in [0, 0.1) is 0 Å². The highest BCUT2D eigenvalue weighted by molar-refractivity contribution is 5.92. The lowest BCUT2D eigenvalue weighted by molar-refractivity contribution is -0.124. The van der Waals surface area contributed by atoms with Gasteiger partial charge in [-0.1, -0.05) is 6.07 Å². The van der Waals surface area contributed by atoms with E-state index >= 15 is 0 Å².